The lowest BCUT2D eigenvalue weighted by Crippen LogP contribution is -2.37. The number of non-ortho nitro benzene ring substituents is 1. The van der Waals surface area contributed by atoms with E-state index in [0.717, 1.165) is 9.87 Å². The zero-order valence-corrected chi connectivity index (χ0v) is 18.6. The second-order valence-electron chi connectivity index (χ2n) is 7.03. The van der Waals surface area contributed by atoms with Gasteiger partial charge in [0, 0.05) is 29.4 Å². The molecule has 3 aromatic carbocycles. The lowest BCUT2D eigenvalue weighted by Gasteiger charge is -2.22. The summed E-state index contributed by atoms with van der Waals surface area (Å²) in [5, 5.41) is 13.8. The van der Waals surface area contributed by atoms with Gasteiger partial charge in [-0.15, -0.1) is 0 Å². The predicted molar refractivity (Wildman–Crippen MR) is 122 cm³/mol. The number of amides is 1. The van der Waals surface area contributed by atoms with Crippen molar-refractivity contribution in [2.24, 2.45) is 0 Å². The highest BCUT2D eigenvalue weighted by molar-refractivity contribution is 7.89. The first-order chi connectivity index (χ1) is 15.2. The van der Waals surface area contributed by atoms with E-state index < -0.39 is 27.4 Å². The van der Waals surface area contributed by atoms with Crippen LogP contribution in [0.25, 0.3) is 0 Å². The van der Waals surface area contributed by atoms with Crippen LogP contribution in [0, 0.1) is 17.0 Å². The van der Waals surface area contributed by atoms with Crippen LogP contribution in [0.1, 0.15) is 11.1 Å². The van der Waals surface area contributed by atoms with Gasteiger partial charge in [0.05, 0.1) is 16.4 Å². The maximum Gasteiger partial charge on any atom is 0.271 e. The van der Waals surface area contributed by atoms with Crippen LogP contribution in [0.4, 0.5) is 11.4 Å². The molecule has 8 nitrogen and oxygen atoms in total. The highest BCUT2D eigenvalue weighted by Gasteiger charge is 2.27. The van der Waals surface area contributed by atoms with Gasteiger partial charge in [-0.25, -0.2) is 8.42 Å². The van der Waals surface area contributed by atoms with E-state index in [-0.39, 0.29) is 22.8 Å². The summed E-state index contributed by atoms with van der Waals surface area (Å²) in [5.74, 6) is -0.645. The number of carbonyl (C=O) groups is 1. The van der Waals surface area contributed by atoms with E-state index in [1.54, 1.807) is 36.4 Å². The minimum absolute atomic E-state index is 0.0401. The Bertz CT molecular complexity index is 1250. The van der Waals surface area contributed by atoms with Crippen LogP contribution in [0.5, 0.6) is 0 Å². The summed E-state index contributed by atoms with van der Waals surface area (Å²) in [7, 11) is -4.04. The molecule has 10 heteroatoms. The van der Waals surface area contributed by atoms with Gasteiger partial charge in [-0.05, 0) is 36.8 Å². The average molecular weight is 474 g/mol. The fraction of sp³-hybridized carbons (Fsp3) is 0.136. The molecule has 0 aromatic heterocycles. The van der Waals surface area contributed by atoms with Gasteiger partial charge in [0.2, 0.25) is 15.9 Å². The zero-order valence-electron chi connectivity index (χ0n) is 17.1. The van der Waals surface area contributed by atoms with E-state index in [2.05, 4.69) is 5.32 Å². The fourth-order valence-corrected chi connectivity index (χ4v) is 4.53. The molecule has 3 rings (SSSR count). The minimum atomic E-state index is -4.04. The number of nitrogens with one attached hydrogen (secondary N) is 1. The minimum Gasteiger partial charge on any atom is -0.325 e. The number of benzene rings is 3. The van der Waals surface area contributed by atoms with Crippen molar-refractivity contribution in [3.05, 3.63) is 99.1 Å². The molecule has 0 fully saturated rings. The predicted octanol–water partition coefficient (Wildman–Crippen LogP) is 4.39. The van der Waals surface area contributed by atoms with Crippen molar-refractivity contribution < 1.29 is 18.1 Å². The van der Waals surface area contributed by atoms with Gasteiger partial charge in [0.1, 0.15) is 0 Å². The summed E-state index contributed by atoms with van der Waals surface area (Å²) in [6, 6.07) is 18.5. The normalized spacial score (nSPS) is 11.3. The van der Waals surface area contributed by atoms with Crippen LogP contribution >= 0.6 is 11.6 Å². The van der Waals surface area contributed by atoms with Crippen molar-refractivity contribution >= 4 is 38.9 Å². The van der Waals surface area contributed by atoms with Gasteiger partial charge >= 0.3 is 0 Å². The van der Waals surface area contributed by atoms with Crippen LogP contribution in [0.2, 0.25) is 5.02 Å². The largest absolute Gasteiger partial charge is 0.325 e. The summed E-state index contributed by atoms with van der Waals surface area (Å²) in [6.07, 6.45) is 0. The monoisotopic (exact) mass is 473 g/mol. The number of aryl methyl sites for hydroxylation is 1. The Morgan fingerprint density at radius 1 is 1.06 bits per heavy atom. The molecule has 0 saturated heterocycles. The quantitative estimate of drug-likeness (QED) is 0.385. The fourth-order valence-electron chi connectivity index (χ4n) is 2.96. The number of anilines is 1. The van der Waals surface area contributed by atoms with E-state index in [1.165, 1.54) is 36.4 Å². The molecule has 166 valence electrons. The average Bonchev–Trinajstić information content (AvgIpc) is 2.75. The van der Waals surface area contributed by atoms with Crippen LogP contribution < -0.4 is 5.32 Å². The Morgan fingerprint density at radius 2 is 1.75 bits per heavy atom. The van der Waals surface area contributed by atoms with Gasteiger partial charge in [-0.3, -0.25) is 14.9 Å². The van der Waals surface area contributed by atoms with E-state index in [1.807, 2.05) is 6.92 Å². The van der Waals surface area contributed by atoms with E-state index in [9.17, 15) is 23.3 Å². The third-order valence-electron chi connectivity index (χ3n) is 4.62. The maximum absolute atomic E-state index is 13.3. The summed E-state index contributed by atoms with van der Waals surface area (Å²) in [6.45, 7) is 1.20. The van der Waals surface area contributed by atoms with Gasteiger partial charge in [-0.2, -0.15) is 4.31 Å². The lowest BCUT2D eigenvalue weighted by atomic mass is 10.2. The van der Waals surface area contributed by atoms with Gasteiger partial charge in [0.25, 0.3) is 5.69 Å². The van der Waals surface area contributed by atoms with Crippen molar-refractivity contribution in [3.8, 4) is 0 Å². The van der Waals surface area contributed by atoms with Crippen molar-refractivity contribution in [2.45, 2.75) is 18.4 Å². The molecule has 1 amide bonds. The number of nitro groups is 1. The molecule has 0 bridgehead atoms. The number of halogens is 1. The SMILES string of the molecule is Cc1ccc(S(=O)(=O)N(CC(=O)Nc2cccc([N+](=O)[O-])c2)Cc2ccccc2Cl)cc1. The Hall–Kier alpha value is -3.27. The molecule has 0 saturated carbocycles. The molecule has 0 heterocycles. The molecule has 0 aliphatic carbocycles. The summed E-state index contributed by atoms with van der Waals surface area (Å²) in [4.78, 5) is 23.1. The second-order valence-corrected chi connectivity index (χ2v) is 9.38. The zero-order chi connectivity index (χ0) is 23.3. The first-order valence-electron chi connectivity index (χ1n) is 9.51. The van der Waals surface area contributed by atoms with Crippen molar-refractivity contribution in [1.82, 2.24) is 4.31 Å². The van der Waals surface area contributed by atoms with Gasteiger partial charge in [-0.1, -0.05) is 53.6 Å². The third kappa shape index (κ3) is 5.70. The van der Waals surface area contributed by atoms with Crippen molar-refractivity contribution in [3.63, 3.8) is 0 Å². The maximum atomic E-state index is 13.3. The van der Waals surface area contributed by atoms with E-state index in [0.29, 0.717) is 10.6 Å². The number of hydrogen-bond acceptors (Lipinski definition) is 5. The van der Waals surface area contributed by atoms with E-state index >= 15 is 0 Å². The highest BCUT2D eigenvalue weighted by Crippen LogP contribution is 2.23. The Labute approximate surface area is 190 Å². The molecule has 0 spiro atoms. The number of rotatable bonds is 8. The van der Waals surface area contributed by atoms with Crippen LogP contribution in [0.3, 0.4) is 0 Å². The molecule has 0 aliphatic rings. The summed E-state index contributed by atoms with van der Waals surface area (Å²) < 4.78 is 27.6. The second kappa shape index (κ2) is 9.90. The molecule has 0 unspecified atom stereocenters. The third-order valence-corrected chi connectivity index (χ3v) is 6.80. The molecule has 32 heavy (non-hydrogen) atoms. The summed E-state index contributed by atoms with van der Waals surface area (Å²) >= 11 is 6.21. The lowest BCUT2D eigenvalue weighted by molar-refractivity contribution is -0.384. The smallest absolute Gasteiger partial charge is 0.271 e. The number of sulfonamides is 1. The van der Waals surface area contributed by atoms with Gasteiger partial charge in [0.15, 0.2) is 0 Å². The molecular formula is C22H20ClN3O5S. The number of nitrogens with zero attached hydrogens (tertiary/aromatic N) is 2. The Balaban J connectivity index is 1.89. The van der Waals surface area contributed by atoms with Crippen molar-refractivity contribution in [1.29, 1.82) is 0 Å². The highest BCUT2D eigenvalue weighted by atomic mass is 35.5. The molecular weight excluding hydrogens is 454 g/mol. The Morgan fingerprint density at radius 3 is 2.41 bits per heavy atom. The van der Waals surface area contributed by atoms with E-state index in [4.69, 9.17) is 11.6 Å². The first kappa shape index (κ1) is 23.4. The molecule has 0 radical (unpaired) electrons. The molecule has 3 aromatic rings. The topological polar surface area (TPSA) is 110 Å². The molecule has 1 N–H and O–H groups in total. The first-order valence-corrected chi connectivity index (χ1v) is 11.3. The van der Waals surface area contributed by atoms with Crippen LogP contribution in [-0.2, 0) is 21.4 Å². The van der Waals surface area contributed by atoms with Crippen molar-refractivity contribution in [2.75, 3.05) is 11.9 Å². The van der Waals surface area contributed by atoms with Crippen LogP contribution in [0.15, 0.2) is 77.7 Å². The number of hydrogen-bond donors (Lipinski definition) is 1. The Kier molecular flexibility index (Phi) is 7.24. The molecule has 0 aliphatic heterocycles. The summed E-state index contributed by atoms with van der Waals surface area (Å²) in [5.41, 5.74) is 1.43. The standard InChI is InChI=1S/C22H20ClN3O5S/c1-16-9-11-20(12-10-16)32(30,31)25(14-17-5-2-3-8-21(17)23)15-22(27)24-18-6-4-7-19(13-18)26(28)29/h2-13H,14-15H2,1H3,(H,24,27). The van der Waals surface area contributed by atoms with Gasteiger partial charge < -0.3 is 5.32 Å². The number of carbonyl (C=O) groups excluding carboxylic acids is 1. The van der Waals surface area contributed by atoms with Crippen LogP contribution in [-0.4, -0.2) is 30.1 Å². The molecule has 0 atom stereocenters. The number of nitro benzene ring substituents is 1.